The van der Waals surface area contributed by atoms with E-state index in [0.29, 0.717) is 11.3 Å². The van der Waals surface area contributed by atoms with Gasteiger partial charge in [-0.3, -0.25) is 4.79 Å². The van der Waals surface area contributed by atoms with E-state index in [1.54, 1.807) is 25.3 Å². The molecule has 24 heavy (non-hydrogen) atoms. The third-order valence-electron chi connectivity index (χ3n) is 3.25. The summed E-state index contributed by atoms with van der Waals surface area (Å²) < 4.78 is 25.0. The summed E-state index contributed by atoms with van der Waals surface area (Å²) in [5.74, 6) is -0.0606. The van der Waals surface area contributed by atoms with E-state index in [9.17, 15) is 13.2 Å². The summed E-state index contributed by atoms with van der Waals surface area (Å²) in [6.45, 7) is 4.57. The Labute approximate surface area is 145 Å². The number of rotatable bonds is 7. The predicted octanol–water partition coefficient (Wildman–Crippen LogP) is 1.98. The Bertz CT molecular complexity index is 831. The summed E-state index contributed by atoms with van der Waals surface area (Å²) in [6.07, 6.45) is 4.56. The molecule has 1 amide bonds. The largest absolute Gasteiger partial charge is 0.326 e. The number of anilines is 1. The van der Waals surface area contributed by atoms with Gasteiger partial charge in [-0.2, -0.15) is 0 Å². The van der Waals surface area contributed by atoms with E-state index in [1.165, 1.54) is 17.8 Å². The Kier molecular flexibility index (Phi) is 6.03. The minimum absolute atomic E-state index is 0.00596. The van der Waals surface area contributed by atoms with Gasteiger partial charge in [-0.15, -0.1) is 0 Å². The summed E-state index contributed by atoms with van der Waals surface area (Å²) >= 11 is 1.33. The van der Waals surface area contributed by atoms with E-state index < -0.39 is 10.0 Å². The first kappa shape index (κ1) is 18.5. The number of nitrogens with two attached hydrogens (primary N) is 1. The number of nitrogens with one attached hydrogen (secondary N) is 1. The van der Waals surface area contributed by atoms with Crippen LogP contribution in [-0.2, 0) is 21.4 Å². The second kappa shape index (κ2) is 7.82. The summed E-state index contributed by atoms with van der Waals surface area (Å²) in [5.41, 5.74) is 0.929. The van der Waals surface area contributed by atoms with Gasteiger partial charge in [0.05, 0.1) is 10.6 Å². The summed E-state index contributed by atoms with van der Waals surface area (Å²) in [6, 6.07) is 4.62. The van der Waals surface area contributed by atoms with Crippen molar-refractivity contribution in [2.24, 2.45) is 5.14 Å². The molecule has 1 heterocycles. The molecule has 0 saturated carbocycles. The van der Waals surface area contributed by atoms with Gasteiger partial charge in [-0.05, 0) is 31.0 Å². The molecule has 1 aromatic carbocycles. The first-order chi connectivity index (χ1) is 11.3. The van der Waals surface area contributed by atoms with Crippen molar-refractivity contribution >= 4 is 33.4 Å². The highest BCUT2D eigenvalue weighted by Gasteiger charge is 2.13. The lowest BCUT2D eigenvalue weighted by Gasteiger charge is -2.09. The SMILES string of the molecule is CCCn1ccnc1SCC(=O)Nc1ccc(C)c(S(N)(=O)=O)c1. The van der Waals surface area contributed by atoms with Gasteiger partial charge >= 0.3 is 0 Å². The zero-order chi connectivity index (χ0) is 17.7. The van der Waals surface area contributed by atoms with Crippen molar-refractivity contribution in [3.05, 3.63) is 36.2 Å². The number of thioether (sulfide) groups is 1. The topological polar surface area (TPSA) is 107 Å². The van der Waals surface area contributed by atoms with E-state index in [2.05, 4.69) is 17.2 Å². The Morgan fingerprint density at radius 3 is 2.83 bits per heavy atom. The monoisotopic (exact) mass is 368 g/mol. The predicted molar refractivity (Wildman–Crippen MR) is 94.4 cm³/mol. The van der Waals surface area contributed by atoms with Crippen molar-refractivity contribution in [3.63, 3.8) is 0 Å². The fourth-order valence-electron chi connectivity index (χ4n) is 2.16. The maximum Gasteiger partial charge on any atom is 0.238 e. The van der Waals surface area contributed by atoms with Gasteiger partial charge in [-0.25, -0.2) is 18.5 Å². The van der Waals surface area contributed by atoms with Crippen molar-refractivity contribution in [2.75, 3.05) is 11.1 Å². The van der Waals surface area contributed by atoms with Crippen LogP contribution in [0.25, 0.3) is 0 Å². The van der Waals surface area contributed by atoms with E-state index in [0.717, 1.165) is 18.1 Å². The number of aromatic nitrogens is 2. The van der Waals surface area contributed by atoms with Crippen LogP contribution in [0.1, 0.15) is 18.9 Å². The van der Waals surface area contributed by atoms with Crippen LogP contribution in [-0.4, -0.2) is 29.6 Å². The number of benzene rings is 1. The number of carbonyl (C=O) groups is 1. The summed E-state index contributed by atoms with van der Waals surface area (Å²) in [7, 11) is -3.82. The lowest BCUT2D eigenvalue weighted by atomic mass is 10.2. The molecule has 0 unspecified atom stereocenters. The molecule has 9 heteroatoms. The van der Waals surface area contributed by atoms with Crippen molar-refractivity contribution in [2.45, 2.75) is 36.9 Å². The van der Waals surface area contributed by atoms with Crippen molar-refractivity contribution in [3.8, 4) is 0 Å². The number of aryl methyl sites for hydroxylation is 2. The summed E-state index contributed by atoms with van der Waals surface area (Å²) in [5, 5.41) is 8.63. The molecule has 0 radical (unpaired) electrons. The highest BCUT2D eigenvalue weighted by molar-refractivity contribution is 7.99. The Balaban J connectivity index is 2.01. The Hall–Kier alpha value is -1.84. The van der Waals surface area contributed by atoms with Crippen LogP contribution < -0.4 is 10.5 Å². The standard InChI is InChI=1S/C15H20N4O3S2/c1-3-7-19-8-6-17-15(19)23-10-14(20)18-12-5-4-11(2)13(9-12)24(16,21)22/h4-6,8-9H,3,7,10H2,1-2H3,(H,18,20)(H2,16,21,22). The number of imidazole rings is 1. The minimum atomic E-state index is -3.82. The molecule has 0 spiro atoms. The quantitative estimate of drug-likeness (QED) is 0.727. The molecule has 0 aliphatic rings. The van der Waals surface area contributed by atoms with Crippen LogP contribution in [0.2, 0.25) is 0 Å². The minimum Gasteiger partial charge on any atom is -0.326 e. The molecular weight excluding hydrogens is 348 g/mol. The zero-order valence-electron chi connectivity index (χ0n) is 13.5. The third kappa shape index (κ3) is 4.83. The van der Waals surface area contributed by atoms with Gasteiger partial charge in [-0.1, -0.05) is 24.8 Å². The number of hydrogen-bond donors (Lipinski definition) is 2. The highest BCUT2D eigenvalue weighted by atomic mass is 32.2. The molecule has 0 aliphatic carbocycles. The number of hydrogen-bond acceptors (Lipinski definition) is 5. The summed E-state index contributed by atoms with van der Waals surface area (Å²) in [4.78, 5) is 16.3. The molecule has 130 valence electrons. The van der Waals surface area contributed by atoms with E-state index in [-0.39, 0.29) is 16.6 Å². The first-order valence-corrected chi connectivity index (χ1v) is 9.91. The number of nitrogens with zero attached hydrogens (tertiary/aromatic N) is 2. The molecule has 2 rings (SSSR count). The van der Waals surface area contributed by atoms with Crippen LogP contribution in [0.3, 0.4) is 0 Å². The molecule has 0 bridgehead atoms. The van der Waals surface area contributed by atoms with E-state index in [4.69, 9.17) is 5.14 Å². The van der Waals surface area contributed by atoms with Gasteiger partial charge in [0.15, 0.2) is 5.16 Å². The second-order valence-corrected chi connectivity index (χ2v) is 7.74. The highest BCUT2D eigenvalue weighted by Crippen LogP contribution is 2.20. The number of amides is 1. The van der Waals surface area contributed by atoms with Gasteiger partial charge in [0.25, 0.3) is 0 Å². The molecule has 0 atom stereocenters. The molecule has 0 aliphatic heterocycles. The average Bonchev–Trinajstić information content (AvgIpc) is 2.94. The fourth-order valence-corrected chi connectivity index (χ4v) is 3.75. The van der Waals surface area contributed by atoms with Gasteiger partial charge in [0.2, 0.25) is 15.9 Å². The smallest absolute Gasteiger partial charge is 0.238 e. The van der Waals surface area contributed by atoms with Crippen LogP contribution >= 0.6 is 11.8 Å². The lowest BCUT2D eigenvalue weighted by Crippen LogP contribution is -2.17. The average molecular weight is 368 g/mol. The molecule has 2 aromatic rings. The van der Waals surface area contributed by atoms with E-state index in [1.807, 2.05) is 10.8 Å². The Morgan fingerprint density at radius 1 is 1.42 bits per heavy atom. The fraction of sp³-hybridized carbons (Fsp3) is 0.333. The van der Waals surface area contributed by atoms with Gasteiger partial charge < -0.3 is 9.88 Å². The molecule has 0 fully saturated rings. The van der Waals surface area contributed by atoms with Crippen LogP contribution in [0, 0.1) is 6.92 Å². The van der Waals surface area contributed by atoms with Crippen LogP contribution in [0.5, 0.6) is 0 Å². The maximum atomic E-state index is 12.1. The van der Waals surface area contributed by atoms with Crippen molar-refractivity contribution < 1.29 is 13.2 Å². The first-order valence-electron chi connectivity index (χ1n) is 7.38. The number of primary sulfonamides is 1. The maximum absolute atomic E-state index is 12.1. The molecule has 0 saturated heterocycles. The van der Waals surface area contributed by atoms with Crippen molar-refractivity contribution in [1.82, 2.24) is 9.55 Å². The molecule has 7 nitrogen and oxygen atoms in total. The molecule has 3 N–H and O–H groups in total. The normalized spacial score (nSPS) is 11.5. The number of carbonyl (C=O) groups excluding carboxylic acids is 1. The zero-order valence-corrected chi connectivity index (χ0v) is 15.2. The van der Waals surface area contributed by atoms with E-state index >= 15 is 0 Å². The van der Waals surface area contributed by atoms with Gasteiger partial charge in [0, 0.05) is 24.6 Å². The second-order valence-electron chi connectivity index (χ2n) is 5.27. The Morgan fingerprint density at radius 2 is 2.17 bits per heavy atom. The van der Waals surface area contributed by atoms with Crippen LogP contribution in [0.4, 0.5) is 5.69 Å². The number of sulfonamides is 1. The van der Waals surface area contributed by atoms with Crippen molar-refractivity contribution in [1.29, 1.82) is 0 Å². The third-order valence-corrected chi connectivity index (χ3v) is 5.31. The molecular formula is C15H20N4O3S2. The molecule has 1 aromatic heterocycles. The lowest BCUT2D eigenvalue weighted by molar-refractivity contribution is -0.113. The van der Waals surface area contributed by atoms with Gasteiger partial charge in [0.1, 0.15) is 0 Å². The van der Waals surface area contributed by atoms with Crippen LogP contribution in [0.15, 0.2) is 40.6 Å².